The van der Waals surface area contributed by atoms with Gasteiger partial charge in [-0.25, -0.2) is 9.97 Å². The van der Waals surface area contributed by atoms with Gasteiger partial charge in [0, 0.05) is 26.8 Å². The van der Waals surface area contributed by atoms with E-state index in [4.69, 9.17) is 32.7 Å². The number of ether oxygens (including phenoxy) is 2. The normalized spacial score (nSPS) is 11.1. The smallest absolute Gasteiger partial charge is 0.200 e. The second kappa shape index (κ2) is 6.99. The molecule has 0 N–H and O–H groups in total. The standard InChI is InChI=1S/C14H14Cl2N2O2/c1-19-14(20-2)12-5-6-17-13(18-12)8-9-3-4-10(15)11(16)7-9/h3-7,14H,8H2,1-2H3. The molecule has 2 aromatic rings. The summed E-state index contributed by atoms with van der Waals surface area (Å²) < 4.78 is 10.3. The summed E-state index contributed by atoms with van der Waals surface area (Å²) in [4.78, 5) is 8.66. The number of methoxy groups -OCH3 is 2. The fraction of sp³-hybridized carbons (Fsp3) is 0.286. The molecule has 0 aliphatic heterocycles. The quantitative estimate of drug-likeness (QED) is 0.790. The first-order valence-electron chi connectivity index (χ1n) is 5.95. The molecule has 0 amide bonds. The molecule has 0 radical (unpaired) electrons. The summed E-state index contributed by atoms with van der Waals surface area (Å²) >= 11 is 11.9. The van der Waals surface area contributed by atoms with E-state index in [-0.39, 0.29) is 0 Å². The van der Waals surface area contributed by atoms with Gasteiger partial charge < -0.3 is 9.47 Å². The van der Waals surface area contributed by atoms with Crippen molar-refractivity contribution in [3.63, 3.8) is 0 Å². The molecule has 20 heavy (non-hydrogen) atoms. The number of rotatable bonds is 5. The molecule has 6 heteroatoms. The molecule has 0 fully saturated rings. The van der Waals surface area contributed by atoms with Crippen LogP contribution >= 0.6 is 23.2 Å². The number of halogens is 2. The average Bonchev–Trinajstić information content (AvgIpc) is 2.45. The van der Waals surface area contributed by atoms with Crippen LogP contribution in [0, 0.1) is 0 Å². The lowest BCUT2D eigenvalue weighted by molar-refractivity contribution is -0.108. The zero-order chi connectivity index (χ0) is 14.5. The van der Waals surface area contributed by atoms with Gasteiger partial charge in [0.25, 0.3) is 0 Å². The molecular weight excluding hydrogens is 299 g/mol. The highest BCUT2D eigenvalue weighted by Crippen LogP contribution is 2.23. The van der Waals surface area contributed by atoms with Gasteiger partial charge in [-0.3, -0.25) is 0 Å². The Kier molecular flexibility index (Phi) is 5.31. The molecule has 2 rings (SSSR count). The molecule has 4 nitrogen and oxygen atoms in total. The average molecular weight is 313 g/mol. The summed E-state index contributed by atoms with van der Waals surface area (Å²) in [7, 11) is 3.13. The van der Waals surface area contributed by atoms with Crippen molar-refractivity contribution >= 4 is 23.2 Å². The largest absolute Gasteiger partial charge is 0.350 e. The minimum atomic E-state index is -0.495. The van der Waals surface area contributed by atoms with Crippen LogP contribution in [0.3, 0.4) is 0 Å². The fourth-order valence-corrected chi connectivity index (χ4v) is 2.12. The van der Waals surface area contributed by atoms with E-state index in [1.165, 1.54) is 0 Å². The van der Waals surface area contributed by atoms with Crippen molar-refractivity contribution in [2.75, 3.05) is 14.2 Å². The van der Waals surface area contributed by atoms with Gasteiger partial charge in [0.05, 0.1) is 15.7 Å². The van der Waals surface area contributed by atoms with Crippen molar-refractivity contribution in [2.24, 2.45) is 0 Å². The molecule has 0 aliphatic rings. The van der Waals surface area contributed by atoms with Crippen molar-refractivity contribution in [1.82, 2.24) is 9.97 Å². The van der Waals surface area contributed by atoms with Crippen molar-refractivity contribution in [1.29, 1.82) is 0 Å². The van der Waals surface area contributed by atoms with Crippen molar-refractivity contribution in [2.45, 2.75) is 12.7 Å². The third-order valence-electron chi connectivity index (χ3n) is 2.74. The monoisotopic (exact) mass is 312 g/mol. The van der Waals surface area contributed by atoms with Crippen LogP contribution in [-0.2, 0) is 15.9 Å². The highest BCUT2D eigenvalue weighted by molar-refractivity contribution is 6.42. The van der Waals surface area contributed by atoms with Gasteiger partial charge in [0.1, 0.15) is 5.82 Å². The predicted molar refractivity (Wildman–Crippen MR) is 78.1 cm³/mol. The van der Waals surface area contributed by atoms with Gasteiger partial charge in [-0.15, -0.1) is 0 Å². The van der Waals surface area contributed by atoms with E-state index in [9.17, 15) is 0 Å². The topological polar surface area (TPSA) is 44.2 Å². The van der Waals surface area contributed by atoms with Gasteiger partial charge >= 0.3 is 0 Å². The summed E-state index contributed by atoms with van der Waals surface area (Å²) in [6.45, 7) is 0. The second-order valence-corrected chi connectivity index (χ2v) is 4.94. The molecule has 0 saturated heterocycles. The van der Waals surface area contributed by atoms with E-state index >= 15 is 0 Å². The molecule has 1 aromatic heterocycles. The molecular formula is C14H14Cl2N2O2. The molecule has 0 unspecified atom stereocenters. The van der Waals surface area contributed by atoms with Crippen LogP contribution in [0.25, 0.3) is 0 Å². The lowest BCUT2D eigenvalue weighted by atomic mass is 10.1. The third kappa shape index (κ3) is 3.67. The summed E-state index contributed by atoms with van der Waals surface area (Å²) in [5, 5.41) is 1.05. The van der Waals surface area contributed by atoms with Crippen LogP contribution in [0.4, 0.5) is 0 Å². The van der Waals surface area contributed by atoms with Crippen molar-refractivity contribution in [3.8, 4) is 0 Å². The van der Waals surface area contributed by atoms with Crippen LogP contribution < -0.4 is 0 Å². The van der Waals surface area contributed by atoms with Crippen LogP contribution in [-0.4, -0.2) is 24.2 Å². The molecule has 0 bridgehead atoms. The molecule has 1 heterocycles. The van der Waals surface area contributed by atoms with Gasteiger partial charge in [-0.05, 0) is 23.8 Å². The van der Waals surface area contributed by atoms with E-state index in [0.717, 1.165) is 5.56 Å². The Morgan fingerprint density at radius 1 is 1.10 bits per heavy atom. The predicted octanol–water partition coefficient (Wildman–Crippen LogP) is 3.67. The van der Waals surface area contributed by atoms with Crippen LogP contribution in [0.1, 0.15) is 23.4 Å². The minimum Gasteiger partial charge on any atom is -0.350 e. The van der Waals surface area contributed by atoms with Gasteiger partial charge in [0.15, 0.2) is 0 Å². The lowest BCUT2D eigenvalue weighted by Gasteiger charge is -2.13. The van der Waals surface area contributed by atoms with Crippen molar-refractivity contribution < 1.29 is 9.47 Å². The lowest BCUT2D eigenvalue weighted by Crippen LogP contribution is -2.08. The molecule has 0 aliphatic carbocycles. The molecule has 106 valence electrons. The first-order chi connectivity index (χ1) is 9.63. The Hall–Kier alpha value is -1.20. The maximum atomic E-state index is 5.99. The first-order valence-corrected chi connectivity index (χ1v) is 6.71. The summed E-state index contributed by atoms with van der Waals surface area (Å²) in [5.74, 6) is 0.667. The highest BCUT2D eigenvalue weighted by atomic mass is 35.5. The van der Waals surface area contributed by atoms with Crippen LogP contribution in [0.5, 0.6) is 0 Å². The minimum absolute atomic E-state index is 0.495. The summed E-state index contributed by atoms with van der Waals surface area (Å²) in [5.41, 5.74) is 1.67. The maximum absolute atomic E-state index is 5.99. The number of hydrogen-bond donors (Lipinski definition) is 0. The van der Waals surface area contributed by atoms with Gasteiger partial charge in [0.2, 0.25) is 6.29 Å². The first kappa shape index (κ1) is 15.2. The number of aromatic nitrogens is 2. The van der Waals surface area contributed by atoms with Gasteiger partial charge in [-0.1, -0.05) is 29.3 Å². The van der Waals surface area contributed by atoms with Crippen molar-refractivity contribution in [3.05, 3.63) is 57.6 Å². The Labute approximate surface area is 127 Å². The zero-order valence-corrected chi connectivity index (χ0v) is 12.6. The van der Waals surface area contributed by atoms with Gasteiger partial charge in [-0.2, -0.15) is 0 Å². The fourth-order valence-electron chi connectivity index (χ4n) is 1.80. The highest BCUT2D eigenvalue weighted by Gasteiger charge is 2.12. The Morgan fingerprint density at radius 3 is 2.50 bits per heavy atom. The molecule has 1 aromatic carbocycles. The van der Waals surface area contributed by atoms with E-state index in [1.807, 2.05) is 12.1 Å². The third-order valence-corrected chi connectivity index (χ3v) is 3.48. The number of hydrogen-bond acceptors (Lipinski definition) is 4. The zero-order valence-electron chi connectivity index (χ0n) is 11.1. The van der Waals surface area contributed by atoms with Crippen LogP contribution in [0.2, 0.25) is 10.0 Å². The molecule has 0 atom stereocenters. The van der Waals surface area contributed by atoms with E-state index in [0.29, 0.717) is 28.0 Å². The Balaban J connectivity index is 2.21. The number of nitrogens with zero attached hydrogens (tertiary/aromatic N) is 2. The van der Waals surface area contributed by atoms with E-state index < -0.39 is 6.29 Å². The molecule has 0 spiro atoms. The number of benzene rings is 1. The molecule has 0 saturated carbocycles. The Morgan fingerprint density at radius 2 is 1.85 bits per heavy atom. The van der Waals surface area contributed by atoms with E-state index in [2.05, 4.69) is 9.97 Å². The summed E-state index contributed by atoms with van der Waals surface area (Å²) in [6, 6.07) is 7.23. The maximum Gasteiger partial charge on any atom is 0.200 e. The second-order valence-electron chi connectivity index (χ2n) is 4.13. The Bertz CT molecular complexity index is 589. The van der Waals surface area contributed by atoms with Crippen LogP contribution in [0.15, 0.2) is 30.5 Å². The van der Waals surface area contributed by atoms with E-state index in [1.54, 1.807) is 32.5 Å². The SMILES string of the molecule is COC(OC)c1ccnc(Cc2ccc(Cl)c(Cl)c2)n1. The summed E-state index contributed by atoms with van der Waals surface area (Å²) in [6.07, 6.45) is 1.75.